The molecular formula is C24H29N3O3. The third-order valence-electron chi connectivity index (χ3n) is 5.08. The fourth-order valence-corrected chi connectivity index (χ4v) is 3.37. The van der Waals surface area contributed by atoms with Crippen LogP contribution < -0.4 is 14.8 Å². The van der Waals surface area contributed by atoms with Crippen LogP contribution in [0.1, 0.15) is 29.7 Å². The Bertz CT molecular complexity index is 967. The van der Waals surface area contributed by atoms with Crippen LogP contribution in [-0.4, -0.2) is 36.5 Å². The van der Waals surface area contributed by atoms with Gasteiger partial charge >= 0.3 is 0 Å². The topological polar surface area (TPSA) is 65.4 Å². The Balaban J connectivity index is 1.44. The highest BCUT2D eigenvalue weighted by molar-refractivity contribution is 5.76. The van der Waals surface area contributed by atoms with Crippen LogP contribution in [0.5, 0.6) is 11.5 Å². The Hall–Kier alpha value is -3.28. The maximum Gasteiger partial charge on any atom is 0.220 e. The van der Waals surface area contributed by atoms with Gasteiger partial charge in [-0.25, -0.2) is 4.68 Å². The monoisotopic (exact) mass is 407 g/mol. The van der Waals surface area contributed by atoms with E-state index in [0.717, 1.165) is 41.3 Å². The first-order valence-electron chi connectivity index (χ1n) is 10.2. The molecule has 158 valence electrons. The number of nitrogens with one attached hydrogen (secondary N) is 1. The molecule has 0 aliphatic carbocycles. The van der Waals surface area contributed by atoms with E-state index < -0.39 is 0 Å². The average molecular weight is 408 g/mol. The molecule has 0 aliphatic rings. The second kappa shape index (κ2) is 10.5. The second-order valence-corrected chi connectivity index (χ2v) is 7.15. The van der Waals surface area contributed by atoms with Gasteiger partial charge in [-0.05, 0) is 67.6 Å². The van der Waals surface area contributed by atoms with Crippen LogP contribution in [-0.2, 0) is 17.6 Å². The maximum absolute atomic E-state index is 12.2. The first-order chi connectivity index (χ1) is 14.6. The van der Waals surface area contributed by atoms with Gasteiger partial charge < -0.3 is 14.8 Å². The first kappa shape index (κ1) is 21.4. The minimum absolute atomic E-state index is 0.0385. The van der Waals surface area contributed by atoms with Crippen LogP contribution in [0.15, 0.2) is 54.7 Å². The van der Waals surface area contributed by atoms with Crippen molar-refractivity contribution >= 4 is 5.91 Å². The number of para-hydroxylation sites is 1. The average Bonchev–Trinajstić information content (AvgIpc) is 3.16. The highest BCUT2D eigenvalue weighted by Gasteiger charge is 2.09. The summed E-state index contributed by atoms with van der Waals surface area (Å²) in [4.78, 5) is 12.2. The van der Waals surface area contributed by atoms with Gasteiger partial charge in [0, 0.05) is 19.2 Å². The molecule has 0 saturated carbocycles. The zero-order valence-electron chi connectivity index (χ0n) is 17.9. The standard InChI is InChI=1S/C24H29N3O3/c1-18-20(17-27(26-18)21-9-5-4-6-10-21)8-7-15-25-24(28)14-11-19-16-22(29-2)12-13-23(19)30-3/h4-6,9-10,12-13,16-17H,7-8,11,14-15H2,1-3H3,(H,25,28). The summed E-state index contributed by atoms with van der Waals surface area (Å²) in [5, 5.41) is 7.60. The van der Waals surface area contributed by atoms with E-state index >= 15 is 0 Å². The number of benzene rings is 2. The van der Waals surface area contributed by atoms with Crippen LogP contribution in [0.4, 0.5) is 0 Å². The lowest BCUT2D eigenvalue weighted by molar-refractivity contribution is -0.121. The zero-order valence-corrected chi connectivity index (χ0v) is 17.9. The predicted molar refractivity (Wildman–Crippen MR) is 117 cm³/mol. The third kappa shape index (κ3) is 5.63. The second-order valence-electron chi connectivity index (χ2n) is 7.15. The number of methoxy groups -OCH3 is 2. The number of aryl methyl sites for hydroxylation is 3. The lowest BCUT2D eigenvalue weighted by Gasteiger charge is -2.10. The minimum Gasteiger partial charge on any atom is -0.497 e. The van der Waals surface area contributed by atoms with Crippen LogP contribution in [0.3, 0.4) is 0 Å². The molecule has 0 fully saturated rings. The first-order valence-corrected chi connectivity index (χ1v) is 10.2. The van der Waals surface area contributed by atoms with Crippen LogP contribution >= 0.6 is 0 Å². The molecule has 0 unspecified atom stereocenters. The SMILES string of the molecule is COc1ccc(OC)c(CCC(=O)NCCCc2cn(-c3ccccc3)nc2C)c1. The molecule has 0 aliphatic heterocycles. The fourth-order valence-electron chi connectivity index (χ4n) is 3.37. The summed E-state index contributed by atoms with van der Waals surface area (Å²) in [6.45, 7) is 2.67. The van der Waals surface area contributed by atoms with Crippen molar-refractivity contribution in [3.05, 3.63) is 71.5 Å². The molecule has 0 spiro atoms. The molecule has 1 amide bonds. The molecular weight excluding hydrogens is 378 g/mol. The Morgan fingerprint density at radius 3 is 2.57 bits per heavy atom. The molecule has 6 nitrogen and oxygen atoms in total. The lowest BCUT2D eigenvalue weighted by atomic mass is 10.1. The molecule has 0 bridgehead atoms. The van der Waals surface area contributed by atoms with Gasteiger partial charge in [0.1, 0.15) is 11.5 Å². The summed E-state index contributed by atoms with van der Waals surface area (Å²) >= 11 is 0. The summed E-state index contributed by atoms with van der Waals surface area (Å²) in [5.41, 5.74) is 4.24. The minimum atomic E-state index is 0.0385. The molecule has 2 aromatic carbocycles. The number of amides is 1. The summed E-state index contributed by atoms with van der Waals surface area (Å²) in [6, 6.07) is 15.7. The van der Waals surface area contributed by atoms with Crippen molar-refractivity contribution in [3.8, 4) is 17.2 Å². The van der Waals surface area contributed by atoms with E-state index in [4.69, 9.17) is 9.47 Å². The van der Waals surface area contributed by atoms with Gasteiger partial charge in [0.05, 0.1) is 25.6 Å². The van der Waals surface area contributed by atoms with E-state index in [1.165, 1.54) is 5.56 Å². The number of nitrogens with zero attached hydrogens (tertiary/aromatic N) is 2. The van der Waals surface area contributed by atoms with Crippen molar-refractivity contribution in [2.24, 2.45) is 0 Å². The van der Waals surface area contributed by atoms with Crippen LogP contribution in [0, 0.1) is 6.92 Å². The summed E-state index contributed by atoms with van der Waals surface area (Å²) in [7, 11) is 3.26. The Kier molecular flexibility index (Phi) is 7.49. The normalized spacial score (nSPS) is 10.6. The van der Waals surface area contributed by atoms with Gasteiger partial charge in [0.25, 0.3) is 0 Å². The molecule has 3 aromatic rings. The number of hydrogen-bond donors (Lipinski definition) is 1. The van der Waals surface area contributed by atoms with E-state index in [1.807, 2.05) is 60.1 Å². The lowest BCUT2D eigenvalue weighted by Crippen LogP contribution is -2.25. The predicted octanol–water partition coefficient (Wildman–Crippen LogP) is 3.88. The quantitative estimate of drug-likeness (QED) is 0.518. The van der Waals surface area contributed by atoms with Gasteiger partial charge in [-0.2, -0.15) is 5.10 Å². The van der Waals surface area contributed by atoms with Gasteiger partial charge in [-0.1, -0.05) is 18.2 Å². The van der Waals surface area contributed by atoms with Crippen molar-refractivity contribution in [3.63, 3.8) is 0 Å². The molecule has 1 aromatic heterocycles. The zero-order chi connectivity index (χ0) is 21.3. The van der Waals surface area contributed by atoms with Crippen molar-refractivity contribution in [1.29, 1.82) is 0 Å². The van der Waals surface area contributed by atoms with Gasteiger partial charge in [-0.3, -0.25) is 4.79 Å². The van der Waals surface area contributed by atoms with Crippen molar-refractivity contribution in [2.45, 2.75) is 32.6 Å². The molecule has 3 rings (SSSR count). The highest BCUT2D eigenvalue weighted by Crippen LogP contribution is 2.25. The number of ether oxygens (including phenoxy) is 2. The van der Waals surface area contributed by atoms with Crippen LogP contribution in [0.2, 0.25) is 0 Å². The molecule has 1 heterocycles. The van der Waals surface area contributed by atoms with E-state index in [0.29, 0.717) is 19.4 Å². The van der Waals surface area contributed by atoms with E-state index in [9.17, 15) is 4.79 Å². The van der Waals surface area contributed by atoms with Gasteiger partial charge in [0.15, 0.2) is 0 Å². The third-order valence-corrected chi connectivity index (χ3v) is 5.08. The van der Waals surface area contributed by atoms with E-state index in [-0.39, 0.29) is 5.91 Å². The van der Waals surface area contributed by atoms with Gasteiger partial charge in [0.2, 0.25) is 5.91 Å². The van der Waals surface area contributed by atoms with E-state index in [1.54, 1.807) is 14.2 Å². The van der Waals surface area contributed by atoms with Crippen molar-refractivity contribution < 1.29 is 14.3 Å². The Morgan fingerprint density at radius 2 is 1.83 bits per heavy atom. The summed E-state index contributed by atoms with van der Waals surface area (Å²) < 4.78 is 12.5. The number of carbonyl (C=O) groups is 1. The number of rotatable bonds is 10. The largest absolute Gasteiger partial charge is 0.497 e. The smallest absolute Gasteiger partial charge is 0.220 e. The van der Waals surface area contributed by atoms with E-state index in [2.05, 4.69) is 16.6 Å². The highest BCUT2D eigenvalue weighted by atomic mass is 16.5. The summed E-state index contributed by atoms with van der Waals surface area (Å²) in [5.74, 6) is 1.57. The molecule has 0 saturated heterocycles. The molecule has 6 heteroatoms. The van der Waals surface area contributed by atoms with Crippen LogP contribution in [0.25, 0.3) is 5.69 Å². The molecule has 30 heavy (non-hydrogen) atoms. The fraction of sp³-hybridized carbons (Fsp3) is 0.333. The summed E-state index contributed by atoms with van der Waals surface area (Å²) in [6.07, 6.45) is 4.84. The number of aromatic nitrogens is 2. The van der Waals surface area contributed by atoms with Gasteiger partial charge in [-0.15, -0.1) is 0 Å². The molecule has 0 radical (unpaired) electrons. The molecule has 1 N–H and O–H groups in total. The Morgan fingerprint density at radius 1 is 1.03 bits per heavy atom. The number of carbonyl (C=O) groups excluding carboxylic acids is 1. The molecule has 0 atom stereocenters. The maximum atomic E-state index is 12.2. The Labute approximate surface area is 177 Å². The number of hydrogen-bond acceptors (Lipinski definition) is 4. The van der Waals surface area contributed by atoms with Crippen molar-refractivity contribution in [2.75, 3.05) is 20.8 Å². The van der Waals surface area contributed by atoms with Crippen molar-refractivity contribution in [1.82, 2.24) is 15.1 Å².